The van der Waals surface area contributed by atoms with E-state index in [1.807, 2.05) is 0 Å². The minimum Gasteiger partial charge on any atom is -0.240 e. The van der Waals surface area contributed by atoms with Crippen LogP contribution in [0.5, 0.6) is 0 Å². The Morgan fingerprint density at radius 3 is 1.70 bits per heavy atom. The van der Waals surface area contributed by atoms with Gasteiger partial charge < -0.3 is 0 Å². The van der Waals surface area contributed by atoms with E-state index >= 15 is 0 Å². The zero-order chi connectivity index (χ0) is 7.94. The molecule has 10 heavy (non-hydrogen) atoms. The predicted molar refractivity (Wildman–Crippen MR) is 27.2 cm³/mol. The van der Waals surface area contributed by atoms with Crippen molar-refractivity contribution in [2.75, 3.05) is 0 Å². The molecule has 6 heteroatoms. The van der Waals surface area contributed by atoms with Crippen molar-refractivity contribution < 1.29 is 22.0 Å². The number of alkyl halides is 5. The van der Waals surface area contributed by atoms with Gasteiger partial charge in [-0.05, 0) is 11.8 Å². The summed E-state index contributed by atoms with van der Waals surface area (Å²) in [4.78, 5) is 0. The third kappa shape index (κ3) is 1.09. The summed E-state index contributed by atoms with van der Waals surface area (Å²) in [7, 11) is 0. The lowest BCUT2D eigenvalue weighted by molar-refractivity contribution is -0.0152. The molecule has 0 saturated carbocycles. The van der Waals surface area contributed by atoms with Crippen molar-refractivity contribution in [3.63, 3.8) is 0 Å². The van der Waals surface area contributed by atoms with E-state index in [1.165, 1.54) is 0 Å². The maximum Gasteiger partial charge on any atom is 0.330 e. The summed E-state index contributed by atoms with van der Waals surface area (Å²) in [5.41, 5.74) is -2.44. The van der Waals surface area contributed by atoms with Crippen LogP contribution in [0.2, 0.25) is 0 Å². The van der Waals surface area contributed by atoms with E-state index in [4.69, 9.17) is 0 Å². The summed E-state index contributed by atoms with van der Waals surface area (Å²) in [6.45, 7) is 0. The van der Waals surface area contributed by atoms with Crippen LogP contribution in [-0.4, -0.2) is 23.1 Å². The highest BCUT2D eigenvalue weighted by molar-refractivity contribution is 8.01. The van der Waals surface area contributed by atoms with E-state index < -0.39 is 34.9 Å². The molecule has 0 radical (unpaired) electrons. The second kappa shape index (κ2) is 2.25. The van der Waals surface area contributed by atoms with Gasteiger partial charge in [0.15, 0.2) is 11.7 Å². The largest absolute Gasteiger partial charge is 0.330 e. The van der Waals surface area contributed by atoms with E-state index in [2.05, 4.69) is 0 Å². The van der Waals surface area contributed by atoms with Gasteiger partial charge >= 0.3 is 5.25 Å². The molecule has 0 aromatic carbocycles. The molecule has 1 fully saturated rings. The van der Waals surface area contributed by atoms with Crippen molar-refractivity contribution in [1.29, 1.82) is 0 Å². The van der Waals surface area contributed by atoms with Gasteiger partial charge in [0, 0.05) is 0 Å². The number of halogens is 5. The Kier molecular flexibility index (Phi) is 1.82. The highest BCUT2D eigenvalue weighted by Gasteiger charge is 2.58. The summed E-state index contributed by atoms with van der Waals surface area (Å²) >= 11 is -0.611. The Balaban J connectivity index is 2.71. The maximum atomic E-state index is 12.0. The van der Waals surface area contributed by atoms with Crippen LogP contribution in [0.1, 0.15) is 0 Å². The van der Waals surface area contributed by atoms with Crippen LogP contribution in [0.15, 0.2) is 0 Å². The molecule has 0 N–H and O–H groups in total. The zero-order valence-corrected chi connectivity index (χ0v) is 5.35. The maximum absolute atomic E-state index is 12.0. The fourth-order valence-electron chi connectivity index (χ4n) is 0.598. The van der Waals surface area contributed by atoms with Gasteiger partial charge in [-0.15, -0.1) is 0 Å². The Morgan fingerprint density at radius 2 is 1.60 bits per heavy atom. The van der Waals surface area contributed by atoms with Gasteiger partial charge in [0.2, 0.25) is 6.17 Å². The van der Waals surface area contributed by atoms with Crippen molar-refractivity contribution in [1.82, 2.24) is 0 Å². The first-order valence-corrected chi connectivity index (χ1v) is 3.31. The Labute approximate surface area is 57.8 Å². The van der Waals surface area contributed by atoms with Gasteiger partial charge in [-0.1, -0.05) is 0 Å². The van der Waals surface area contributed by atoms with Crippen LogP contribution in [-0.2, 0) is 0 Å². The molecule has 0 amide bonds. The molecule has 1 heterocycles. The normalized spacial score (nSPS) is 45.9. The molecular formula is C4H3F5S. The van der Waals surface area contributed by atoms with Crippen molar-refractivity contribution in [2.24, 2.45) is 0 Å². The molecule has 0 nitrogen and oxygen atoms in total. The number of rotatable bonds is 0. The molecule has 0 aromatic heterocycles. The minimum absolute atomic E-state index is 0.611. The zero-order valence-electron chi connectivity index (χ0n) is 4.53. The van der Waals surface area contributed by atoms with Crippen molar-refractivity contribution in [2.45, 2.75) is 23.1 Å². The minimum atomic E-state index is -3.90. The first-order valence-electron chi connectivity index (χ1n) is 2.43. The quantitative estimate of drug-likeness (QED) is 0.513. The average molecular weight is 178 g/mol. The van der Waals surface area contributed by atoms with E-state index in [9.17, 15) is 22.0 Å². The highest BCUT2D eigenvalue weighted by atomic mass is 32.2. The van der Waals surface area contributed by atoms with E-state index in [0.29, 0.717) is 0 Å². The second-order valence-corrected chi connectivity index (χ2v) is 3.11. The van der Waals surface area contributed by atoms with Crippen LogP contribution < -0.4 is 0 Å². The van der Waals surface area contributed by atoms with Crippen molar-refractivity contribution >= 4 is 11.8 Å². The van der Waals surface area contributed by atoms with E-state index in [0.717, 1.165) is 0 Å². The van der Waals surface area contributed by atoms with E-state index in [1.54, 1.807) is 0 Å². The lowest BCUT2D eigenvalue weighted by Gasteiger charge is -2.08. The molecule has 60 valence electrons. The lowest BCUT2D eigenvalue weighted by atomic mass is 10.3. The van der Waals surface area contributed by atoms with Gasteiger partial charge in [0.1, 0.15) is 0 Å². The Bertz CT molecular complexity index is 138. The van der Waals surface area contributed by atoms with Gasteiger partial charge in [0.25, 0.3) is 0 Å². The topological polar surface area (TPSA) is 0 Å². The molecule has 3 unspecified atom stereocenters. The molecular weight excluding hydrogens is 175 g/mol. The van der Waals surface area contributed by atoms with Crippen LogP contribution in [0, 0.1) is 0 Å². The third-order valence-corrected chi connectivity index (χ3v) is 2.15. The average Bonchev–Trinajstić information content (AvgIpc) is 1.95. The molecule has 0 aliphatic carbocycles. The molecule has 0 bridgehead atoms. The van der Waals surface area contributed by atoms with E-state index in [-0.39, 0.29) is 0 Å². The lowest BCUT2D eigenvalue weighted by Crippen LogP contribution is -2.27. The predicted octanol–water partition coefficient (Wildman–Crippen LogP) is 2.30. The molecule has 1 aliphatic heterocycles. The SMILES string of the molecule is FC1SC(F)(F)C(F)C1F. The highest BCUT2D eigenvalue weighted by Crippen LogP contribution is 2.49. The standard InChI is InChI=1S/C4H3F5S/c5-1-2(6)4(8,9)10-3(1)7/h1-3H. The van der Waals surface area contributed by atoms with Crippen LogP contribution in [0.25, 0.3) is 0 Å². The first kappa shape index (κ1) is 8.10. The molecule has 1 rings (SSSR count). The summed E-state index contributed by atoms with van der Waals surface area (Å²) in [5, 5.41) is -3.90. The number of thioether (sulfide) groups is 1. The second-order valence-electron chi connectivity index (χ2n) is 1.88. The monoisotopic (exact) mass is 178 g/mol. The van der Waals surface area contributed by atoms with Gasteiger partial charge in [-0.2, -0.15) is 8.78 Å². The summed E-state index contributed by atoms with van der Waals surface area (Å²) < 4.78 is 59.7. The summed E-state index contributed by atoms with van der Waals surface area (Å²) in [5.74, 6) is 0. The molecule has 3 atom stereocenters. The molecule has 0 spiro atoms. The molecule has 1 saturated heterocycles. The number of hydrogen-bond donors (Lipinski definition) is 0. The van der Waals surface area contributed by atoms with Crippen molar-refractivity contribution in [3.05, 3.63) is 0 Å². The molecule has 1 aliphatic rings. The smallest absolute Gasteiger partial charge is 0.240 e. The summed E-state index contributed by atoms with van der Waals surface area (Å²) in [6, 6.07) is 0. The first-order chi connectivity index (χ1) is 4.45. The fraction of sp³-hybridized carbons (Fsp3) is 1.00. The van der Waals surface area contributed by atoms with Crippen LogP contribution in [0.3, 0.4) is 0 Å². The Hall–Kier alpha value is -0.0000000000000000555. The fourth-order valence-corrected chi connectivity index (χ4v) is 1.43. The number of hydrogen-bond acceptors (Lipinski definition) is 1. The van der Waals surface area contributed by atoms with Gasteiger partial charge in [-0.25, -0.2) is 13.2 Å². The summed E-state index contributed by atoms with van der Waals surface area (Å²) in [6.07, 6.45) is -5.70. The van der Waals surface area contributed by atoms with Crippen LogP contribution in [0.4, 0.5) is 22.0 Å². The van der Waals surface area contributed by atoms with Crippen molar-refractivity contribution in [3.8, 4) is 0 Å². The third-order valence-electron chi connectivity index (χ3n) is 1.12. The molecule has 0 aromatic rings. The van der Waals surface area contributed by atoms with Gasteiger partial charge in [0.05, 0.1) is 0 Å². The van der Waals surface area contributed by atoms with Gasteiger partial charge in [-0.3, -0.25) is 0 Å². The van der Waals surface area contributed by atoms with Crippen LogP contribution >= 0.6 is 11.8 Å². The Morgan fingerprint density at radius 1 is 1.10 bits per heavy atom.